The second kappa shape index (κ2) is 5.37. The van der Waals surface area contributed by atoms with E-state index in [1.54, 1.807) is 0 Å². The summed E-state index contributed by atoms with van der Waals surface area (Å²) in [5.74, 6) is 1.92. The Hall–Kier alpha value is -0.0800. The van der Waals surface area contributed by atoms with Gasteiger partial charge in [-0.2, -0.15) is 0 Å². The highest BCUT2D eigenvalue weighted by molar-refractivity contribution is 5.06. The first-order chi connectivity index (χ1) is 9.13. The largest absolute Gasteiger partial charge is 0.311 e. The van der Waals surface area contributed by atoms with Crippen molar-refractivity contribution in [1.29, 1.82) is 0 Å². The highest BCUT2D eigenvalue weighted by atomic mass is 15.2. The molecule has 1 heterocycles. The first-order valence-corrected chi connectivity index (χ1v) is 8.60. The zero-order chi connectivity index (χ0) is 13.5. The first kappa shape index (κ1) is 13.9. The molecule has 2 saturated carbocycles. The van der Waals surface area contributed by atoms with Crippen molar-refractivity contribution in [3.63, 3.8) is 0 Å². The van der Waals surface area contributed by atoms with E-state index in [0.717, 1.165) is 29.3 Å². The van der Waals surface area contributed by atoms with E-state index in [1.807, 2.05) is 0 Å². The maximum atomic E-state index is 3.79. The predicted octanol–water partition coefficient (Wildman–Crippen LogP) is 3.28. The van der Waals surface area contributed by atoms with Crippen molar-refractivity contribution in [2.45, 2.75) is 71.4 Å². The third kappa shape index (κ3) is 3.16. The minimum absolute atomic E-state index is 0.734. The molecule has 1 aliphatic heterocycles. The van der Waals surface area contributed by atoms with E-state index >= 15 is 0 Å². The number of hydrogen-bond donors (Lipinski definition) is 1. The van der Waals surface area contributed by atoms with E-state index in [-0.39, 0.29) is 0 Å². The van der Waals surface area contributed by atoms with Gasteiger partial charge in [-0.25, -0.2) is 0 Å². The topological polar surface area (TPSA) is 15.3 Å². The highest BCUT2D eigenvalue weighted by Gasteiger charge is 2.54. The fraction of sp³-hybridized carbons (Fsp3) is 1.00. The van der Waals surface area contributed by atoms with E-state index in [2.05, 4.69) is 31.0 Å². The van der Waals surface area contributed by atoms with Gasteiger partial charge >= 0.3 is 0 Å². The molecular formula is C17H32N2. The average Bonchev–Trinajstić information content (AvgIpc) is 3.22. The highest BCUT2D eigenvalue weighted by Crippen LogP contribution is 2.61. The van der Waals surface area contributed by atoms with Crippen LogP contribution in [-0.4, -0.2) is 36.6 Å². The van der Waals surface area contributed by atoms with Crippen LogP contribution in [0.15, 0.2) is 0 Å². The second-order valence-electron chi connectivity index (χ2n) is 7.86. The summed E-state index contributed by atoms with van der Waals surface area (Å²) in [6.45, 7) is 11.0. The van der Waals surface area contributed by atoms with Gasteiger partial charge < -0.3 is 5.32 Å². The van der Waals surface area contributed by atoms with Crippen molar-refractivity contribution in [3.8, 4) is 0 Å². The van der Waals surface area contributed by atoms with Crippen LogP contribution < -0.4 is 5.32 Å². The maximum Gasteiger partial charge on any atom is 0.0219 e. The molecule has 2 unspecified atom stereocenters. The molecule has 0 aromatic rings. The lowest BCUT2D eigenvalue weighted by Gasteiger charge is -2.42. The van der Waals surface area contributed by atoms with Crippen LogP contribution in [-0.2, 0) is 0 Å². The van der Waals surface area contributed by atoms with Crippen LogP contribution in [0, 0.1) is 17.3 Å². The molecule has 0 spiro atoms. The Morgan fingerprint density at radius 2 is 2.00 bits per heavy atom. The molecule has 3 aliphatic rings. The quantitative estimate of drug-likeness (QED) is 0.792. The second-order valence-corrected chi connectivity index (χ2v) is 7.86. The molecule has 0 aromatic heterocycles. The van der Waals surface area contributed by atoms with Crippen molar-refractivity contribution in [2.24, 2.45) is 17.3 Å². The molecule has 3 rings (SSSR count). The van der Waals surface area contributed by atoms with Gasteiger partial charge in [0.1, 0.15) is 0 Å². The Morgan fingerprint density at radius 3 is 2.53 bits per heavy atom. The molecule has 1 N–H and O–H groups in total. The van der Waals surface area contributed by atoms with E-state index < -0.39 is 0 Å². The van der Waals surface area contributed by atoms with Gasteiger partial charge in [-0.05, 0) is 55.8 Å². The predicted molar refractivity (Wildman–Crippen MR) is 81.3 cm³/mol. The molecule has 110 valence electrons. The Bertz CT molecular complexity index is 304. The van der Waals surface area contributed by atoms with Gasteiger partial charge in [0.15, 0.2) is 0 Å². The molecule has 0 aromatic carbocycles. The third-order valence-corrected chi connectivity index (χ3v) is 5.69. The van der Waals surface area contributed by atoms with Gasteiger partial charge in [0.2, 0.25) is 0 Å². The van der Waals surface area contributed by atoms with Gasteiger partial charge in [-0.1, -0.05) is 20.8 Å². The lowest BCUT2D eigenvalue weighted by molar-refractivity contribution is 0.0890. The first-order valence-electron chi connectivity index (χ1n) is 8.60. The maximum absolute atomic E-state index is 3.79. The smallest absolute Gasteiger partial charge is 0.0219 e. The summed E-state index contributed by atoms with van der Waals surface area (Å²) >= 11 is 0. The van der Waals surface area contributed by atoms with Crippen LogP contribution in [0.25, 0.3) is 0 Å². The molecule has 2 nitrogen and oxygen atoms in total. The van der Waals surface area contributed by atoms with Crippen molar-refractivity contribution >= 4 is 0 Å². The van der Waals surface area contributed by atoms with E-state index in [0.29, 0.717) is 0 Å². The monoisotopic (exact) mass is 264 g/mol. The minimum atomic E-state index is 0.734. The molecule has 3 fully saturated rings. The van der Waals surface area contributed by atoms with Gasteiger partial charge in [0.05, 0.1) is 0 Å². The lowest BCUT2D eigenvalue weighted by Crippen LogP contribution is -2.57. The summed E-state index contributed by atoms with van der Waals surface area (Å²) in [7, 11) is 0. The Labute approximate surface area is 119 Å². The van der Waals surface area contributed by atoms with Crippen LogP contribution in [0.1, 0.15) is 59.3 Å². The van der Waals surface area contributed by atoms with Crippen LogP contribution in [0.2, 0.25) is 0 Å². The van der Waals surface area contributed by atoms with Gasteiger partial charge in [-0.3, -0.25) is 4.90 Å². The summed E-state index contributed by atoms with van der Waals surface area (Å²) in [6.07, 6.45) is 8.74. The molecule has 2 atom stereocenters. The van der Waals surface area contributed by atoms with Crippen LogP contribution in [0.5, 0.6) is 0 Å². The number of nitrogens with one attached hydrogen (secondary N) is 1. The summed E-state index contributed by atoms with van der Waals surface area (Å²) in [4.78, 5) is 2.86. The molecule has 0 radical (unpaired) electrons. The van der Waals surface area contributed by atoms with Crippen LogP contribution in [0.3, 0.4) is 0 Å². The zero-order valence-electron chi connectivity index (χ0n) is 13.1. The number of piperazine rings is 1. The standard InChI is InChI=1S/C17H32N2/c1-4-16-10-18-15(9-13(2)3)11-19(16)12-17(7-8-17)14-5-6-14/h13-16,18H,4-12H2,1-3H3. The summed E-state index contributed by atoms with van der Waals surface area (Å²) in [5, 5.41) is 3.79. The molecule has 1 saturated heterocycles. The molecule has 0 amide bonds. The van der Waals surface area contributed by atoms with Crippen molar-refractivity contribution in [2.75, 3.05) is 19.6 Å². The number of nitrogens with zero attached hydrogens (tertiary/aromatic N) is 1. The van der Waals surface area contributed by atoms with Crippen molar-refractivity contribution in [1.82, 2.24) is 10.2 Å². The summed E-state index contributed by atoms with van der Waals surface area (Å²) in [5.41, 5.74) is 0.771. The van der Waals surface area contributed by atoms with E-state index in [4.69, 9.17) is 0 Å². The molecule has 2 aliphatic carbocycles. The molecule has 0 bridgehead atoms. The van der Waals surface area contributed by atoms with E-state index in [9.17, 15) is 0 Å². The normalized spacial score (nSPS) is 34.7. The lowest BCUT2D eigenvalue weighted by atomic mass is 9.94. The fourth-order valence-electron chi connectivity index (χ4n) is 4.21. The Balaban J connectivity index is 1.59. The summed E-state index contributed by atoms with van der Waals surface area (Å²) < 4.78 is 0. The Kier molecular flexibility index (Phi) is 3.92. The average molecular weight is 264 g/mol. The fourth-order valence-corrected chi connectivity index (χ4v) is 4.21. The third-order valence-electron chi connectivity index (χ3n) is 5.69. The van der Waals surface area contributed by atoms with Crippen LogP contribution in [0.4, 0.5) is 0 Å². The van der Waals surface area contributed by atoms with Gasteiger partial charge in [-0.15, -0.1) is 0 Å². The number of hydrogen-bond acceptors (Lipinski definition) is 2. The zero-order valence-corrected chi connectivity index (χ0v) is 13.1. The van der Waals surface area contributed by atoms with Gasteiger partial charge in [0, 0.05) is 31.7 Å². The van der Waals surface area contributed by atoms with Crippen molar-refractivity contribution in [3.05, 3.63) is 0 Å². The molecular weight excluding hydrogens is 232 g/mol. The van der Waals surface area contributed by atoms with E-state index in [1.165, 1.54) is 58.2 Å². The SMILES string of the molecule is CCC1CNC(CC(C)C)CN1CC1(C2CC2)CC1. The molecule has 19 heavy (non-hydrogen) atoms. The molecule has 2 heteroatoms. The Morgan fingerprint density at radius 1 is 1.26 bits per heavy atom. The summed E-state index contributed by atoms with van der Waals surface area (Å²) in [6, 6.07) is 1.53. The van der Waals surface area contributed by atoms with Gasteiger partial charge in [0.25, 0.3) is 0 Å². The van der Waals surface area contributed by atoms with Crippen LogP contribution >= 0.6 is 0 Å². The minimum Gasteiger partial charge on any atom is -0.311 e. The number of rotatable bonds is 6. The van der Waals surface area contributed by atoms with Crippen molar-refractivity contribution < 1.29 is 0 Å².